The maximum Gasteiger partial charge on any atom is 0.217 e. The van der Waals surface area contributed by atoms with Crippen molar-refractivity contribution in [3.8, 4) is 11.4 Å². The van der Waals surface area contributed by atoms with Crippen molar-refractivity contribution in [2.45, 2.75) is 46.6 Å². The molecule has 0 fully saturated rings. The highest BCUT2D eigenvalue weighted by molar-refractivity contribution is 5.73. The Labute approximate surface area is 143 Å². The summed E-state index contributed by atoms with van der Waals surface area (Å²) in [5.74, 6) is 2.44. The Balaban J connectivity index is 2.63. The van der Waals surface area contributed by atoms with Gasteiger partial charge in [-0.25, -0.2) is 9.67 Å². The van der Waals surface area contributed by atoms with Gasteiger partial charge in [0, 0.05) is 12.8 Å². The van der Waals surface area contributed by atoms with Crippen molar-refractivity contribution in [3.05, 3.63) is 35.9 Å². The quantitative estimate of drug-likeness (QED) is 0.883. The van der Waals surface area contributed by atoms with Crippen LogP contribution in [-0.2, 0) is 4.79 Å². The van der Waals surface area contributed by atoms with E-state index in [1.54, 1.807) is 11.8 Å². The van der Waals surface area contributed by atoms with Crippen molar-refractivity contribution in [1.82, 2.24) is 20.1 Å². The Morgan fingerprint density at radius 3 is 2.42 bits per heavy atom. The second-order valence-electron chi connectivity index (χ2n) is 6.49. The summed E-state index contributed by atoms with van der Waals surface area (Å²) in [6, 6.07) is 7.44. The van der Waals surface area contributed by atoms with Crippen molar-refractivity contribution in [1.29, 1.82) is 0 Å². The average molecular weight is 330 g/mol. The van der Waals surface area contributed by atoms with Crippen LogP contribution in [0.5, 0.6) is 5.75 Å². The molecule has 0 saturated heterocycles. The Morgan fingerprint density at radius 1 is 1.21 bits per heavy atom. The molecular weight excluding hydrogens is 304 g/mol. The fraction of sp³-hybridized carbons (Fsp3) is 0.500. The third-order valence-electron chi connectivity index (χ3n) is 3.78. The van der Waals surface area contributed by atoms with E-state index in [0.29, 0.717) is 11.6 Å². The summed E-state index contributed by atoms with van der Waals surface area (Å²) in [5, 5.41) is 7.67. The molecule has 0 radical (unpaired) electrons. The SMILES string of the molecule is COc1ccccc1-n1nc(C(C)C)nc1[C@@H](NC(C)=O)C(C)C. The Kier molecular flexibility index (Phi) is 5.59. The van der Waals surface area contributed by atoms with Gasteiger partial charge >= 0.3 is 0 Å². The predicted molar refractivity (Wildman–Crippen MR) is 93.4 cm³/mol. The first-order chi connectivity index (χ1) is 11.3. The van der Waals surface area contributed by atoms with Crippen LogP contribution in [0.2, 0.25) is 0 Å². The van der Waals surface area contributed by atoms with E-state index in [-0.39, 0.29) is 23.8 Å². The van der Waals surface area contributed by atoms with Crippen molar-refractivity contribution < 1.29 is 9.53 Å². The molecule has 0 bridgehead atoms. The maximum atomic E-state index is 11.7. The van der Waals surface area contributed by atoms with Crippen LogP contribution < -0.4 is 10.1 Å². The first kappa shape index (κ1) is 18.0. The number of carbonyl (C=O) groups excluding carboxylic acids is 1. The molecule has 0 aliphatic heterocycles. The van der Waals surface area contributed by atoms with Gasteiger partial charge in [0.15, 0.2) is 11.6 Å². The molecule has 0 aliphatic rings. The number of hydrogen-bond acceptors (Lipinski definition) is 4. The molecule has 1 amide bonds. The monoisotopic (exact) mass is 330 g/mol. The van der Waals surface area contributed by atoms with Crippen LogP contribution in [0.4, 0.5) is 0 Å². The number of ether oxygens (including phenoxy) is 1. The van der Waals surface area contributed by atoms with E-state index in [0.717, 1.165) is 11.5 Å². The lowest BCUT2D eigenvalue weighted by Crippen LogP contribution is -2.32. The minimum Gasteiger partial charge on any atom is -0.494 e. The third kappa shape index (κ3) is 3.75. The second kappa shape index (κ2) is 7.47. The van der Waals surface area contributed by atoms with Gasteiger partial charge in [0.05, 0.1) is 13.2 Å². The first-order valence-electron chi connectivity index (χ1n) is 8.22. The van der Waals surface area contributed by atoms with Gasteiger partial charge in [0.25, 0.3) is 0 Å². The molecule has 0 unspecified atom stereocenters. The molecule has 0 spiro atoms. The highest BCUT2D eigenvalue weighted by atomic mass is 16.5. The summed E-state index contributed by atoms with van der Waals surface area (Å²) in [4.78, 5) is 16.4. The number of carbonyl (C=O) groups is 1. The minimum atomic E-state index is -0.229. The lowest BCUT2D eigenvalue weighted by atomic mass is 10.0. The van der Waals surface area contributed by atoms with Crippen LogP contribution in [-0.4, -0.2) is 27.8 Å². The third-order valence-corrected chi connectivity index (χ3v) is 3.78. The lowest BCUT2D eigenvalue weighted by molar-refractivity contribution is -0.120. The van der Waals surface area contributed by atoms with Crippen molar-refractivity contribution in [2.75, 3.05) is 7.11 Å². The fourth-order valence-electron chi connectivity index (χ4n) is 2.52. The Hall–Kier alpha value is -2.37. The number of rotatable bonds is 6. The van der Waals surface area contributed by atoms with Gasteiger partial charge in [-0.05, 0) is 18.1 Å². The zero-order valence-corrected chi connectivity index (χ0v) is 15.2. The number of para-hydroxylation sites is 2. The number of hydrogen-bond donors (Lipinski definition) is 1. The summed E-state index contributed by atoms with van der Waals surface area (Å²) >= 11 is 0. The highest BCUT2D eigenvalue weighted by Gasteiger charge is 2.26. The van der Waals surface area contributed by atoms with Crippen molar-refractivity contribution in [2.24, 2.45) is 5.92 Å². The van der Waals surface area contributed by atoms with Crippen LogP contribution >= 0.6 is 0 Å². The summed E-state index contributed by atoms with van der Waals surface area (Å²) < 4.78 is 7.26. The van der Waals surface area contributed by atoms with E-state index in [4.69, 9.17) is 9.72 Å². The second-order valence-corrected chi connectivity index (χ2v) is 6.49. The normalized spacial score (nSPS) is 12.5. The summed E-state index contributed by atoms with van der Waals surface area (Å²) in [6.07, 6.45) is 0. The van der Waals surface area contributed by atoms with E-state index >= 15 is 0 Å². The smallest absolute Gasteiger partial charge is 0.217 e. The van der Waals surface area contributed by atoms with Crippen LogP contribution in [0.3, 0.4) is 0 Å². The molecular formula is C18H26N4O2. The molecule has 0 saturated carbocycles. The van der Waals surface area contributed by atoms with E-state index in [1.165, 1.54) is 6.92 Å². The number of amides is 1. The van der Waals surface area contributed by atoms with E-state index < -0.39 is 0 Å². The lowest BCUT2D eigenvalue weighted by Gasteiger charge is -2.22. The molecule has 1 N–H and O–H groups in total. The molecule has 6 heteroatoms. The van der Waals surface area contributed by atoms with Crippen molar-refractivity contribution in [3.63, 3.8) is 0 Å². The zero-order valence-electron chi connectivity index (χ0n) is 15.2. The summed E-state index contributed by atoms with van der Waals surface area (Å²) in [5.41, 5.74) is 0.811. The molecule has 130 valence electrons. The van der Waals surface area contributed by atoms with Crippen LogP contribution in [0, 0.1) is 5.92 Å². The van der Waals surface area contributed by atoms with Crippen molar-refractivity contribution >= 4 is 5.91 Å². The molecule has 1 aromatic carbocycles. The van der Waals surface area contributed by atoms with Gasteiger partial charge in [-0.15, -0.1) is 0 Å². The van der Waals surface area contributed by atoms with Gasteiger partial charge in [-0.1, -0.05) is 39.8 Å². The van der Waals surface area contributed by atoms with Gasteiger partial charge in [-0.3, -0.25) is 4.79 Å². The van der Waals surface area contributed by atoms with E-state index in [9.17, 15) is 4.79 Å². The molecule has 0 aliphatic carbocycles. The largest absolute Gasteiger partial charge is 0.494 e. The van der Waals surface area contributed by atoms with Gasteiger partial charge in [0.1, 0.15) is 11.4 Å². The van der Waals surface area contributed by atoms with Crippen LogP contribution in [0.15, 0.2) is 24.3 Å². The topological polar surface area (TPSA) is 69.0 Å². The standard InChI is InChI=1S/C18H26N4O2/c1-11(2)16(19-13(5)23)18-20-17(12(3)4)21-22(18)14-9-7-8-10-15(14)24-6/h7-12,16H,1-6H3,(H,19,23)/t16-/m0/s1. The molecule has 1 atom stereocenters. The Morgan fingerprint density at radius 2 is 1.88 bits per heavy atom. The summed E-state index contributed by atoms with van der Waals surface area (Å²) in [7, 11) is 1.63. The molecule has 2 rings (SSSR count). The highest BCUT2D eigenvalue weighted by Crippen LogP contribution is 2.29. The first-order valence-corrected chi connectivity index (χ1v) is 8.22. The Bertz CT molecular complexity index is 707. The molecule has 24 heavy (non-hydrogen) atoms. The maximum absolute atomic E-state index is 11.7. The zero-order chi connectivity index (χ0) is 17.9. The van der Waals surface area contributed by atoms with Gasteiger partial charge in [0.2, 0.25) is 5.91 Å². The van der Waals surface area contributed by atoms with E-state index in [1.807, 2.05) is 24.3 Å². The van der Waals surface area contributed by atoms with Gasteiger partial charge in [-0.2, -0.15) is 5.10 Å². The number of nitrogens with one attached hydrogen (secondary N) is 1. The number of nitrogens with zero attached hydrogens (tertiary/aromatic N) is 3. The summed E-state index contributed by atoms with van der Waals surface area (Å²) in [6.45, 7) is 9.72. The molecule has 1 aromatic heterocycles. The molecule has 2 aromatic rings. The molecule has 1 heterocycles. The number of aromatic nitrogens is 3. The number of methoxy groups -OCH3 is 1. The van der Waals surface area contributed by atoms with Crippen LogP contribution in [0.25, 0.3) is 5.69 Å². The average Bonchev–Trinajstić information content (AvgIpc) is 2.97. The van der Waals surface area contributed by atoms with Gasteiger partial charge < -0.3 is 10.1 Å². The van der Waals surface area contributed by atoms with Crippen LogP contribution in [0.1, 0.15) is 58.2 Å². The minimum absolute atomic E-state index is 0.0885. The van der Waals surface area contributed by atoms with E-state index in [2.05, 4.69) is 38.1 Å². The molecule has 6 nitrogen and oxygen atoms in total. The predicted octanol–water partition coefficient (Wildman–Crippen LogP) is 3.23. The fourth-order valence-corrected chi connectivity index (χ4v) is 2.52. The number of benzene rings is 1.